The second kappa shape index (κ2) is 7.47. The van der Waals surface area contributed by atoms with Crippen LogP contribution in [0.15, 0.2) is 54.6 Å². The van der Waals surface area contributed by atoms with E-state index in [9.17, 15) is 5.26 Å². The van der Waals surface area contributed by atoms with Crippen molar-refractivity contribution in [2.24, 2.45) is 0 Å². The molecule has 0 amide bonds. The van der Waals surface area contributed by atoms with Crippen LogP contribution in [-0.4, -0.2) is 6.54 Å². The lowest BCUT2D eigenvalue weighted by Gasteiger charge is -2.12. The summed E-state index contributed by atoms with van der Waals surface area (Å²) in [6.07, 6.45) is 1.96. The van der Waals surface area contributed by atoms with Crippen LogP contribution in [0, 0.1) is 11.3 Å². The first-order valence-corrected chi connectivity index (χ1v) is 7.09. The molecule has 0 bridgehead atoms. The average Bonchev–Trinajstić information content (AvgIpc) is 2.53. The van der Waals surface area contributed by atoms with Crippen LogP contribution >= 0.6 is 0 Å². The highest BCUT2D eigenvalue weighted by Gasteiger charge is 2.08. The first-order valence-electron chi connectivity index (χ1n) is 7.09. The fourth-order valence-electron chi connectivity index (χ4n) is 2.19. The smallest absolute Gasteiger partial charge is 0.121 e. The Hall–Kier alpha value is -2.11. The van der Waals surface area contributed by atoms with E-state index in [1.165, 1.54) is 11.1 Å². The van der Waals surface area contributed by atoms with E-state index in [-0.39, 0.29) is 6.04 Å². The van der Waals surface area contributed by atoms with Gasteiger partial charge >= 0.3 is 0 Å². The molecule has 102 valence electrons. The minimum atomic E-state index is -0.232. The van der Waals surface area contributed by atoms with Gasteiger partial charge in [-0.15, -0.1) is 0 Å². The van der Waals surface area contributed by atoms with Crippen molar-refractivity contribution in [1.82, 2.24) is 5.32 Å². The van der Waals surface area contributed by atoms with E-state index in [2.05, 4.69) is 42.6 Å². The summed E-state index contributed by atoms with van der Waals surface area (Å²) in [6, 6.07) is 20.7. The summed E-state index contributed by atoms with van der Waals surface area (Å²) in [5.41, 5.74) is 3.63. The third-order valence-corrected chi connectivity index (χ3v) is 3.46. The number of nitrogens with one attached hydrogen (secondary N) is 1. The summed E-state index contributed by atoms with van der Waals surface area (Å²) in [6.45, 7) is 2.94. The first kappa shape index (κ1) is 14.3. The molecule has 2 aromatic carbocycles. The van der Waals surface area contributed by atoms with Crippen LogP contribution in [0.1, 0.15) is 29.7 Å². The molecule has 1 unspecified atom stereocenters. The highest BCUT2D eigenvalue weighted by Crippen LogP contribution is 2.13. The number of nitrogens with zero attached hydrogens (tertiary/aromatic N) is 1. The number of rotatable bonds is 6. The first-order chi connectivity index (χ1) is 9.83. The van der Waals surface area contributed by atoms with Crippen molar-refractivity contribution in [3.05, 3.63) is 71.3 Å². The van der Waals surface area contributed by atoms with Gasteiger partial charge in [-0.05, 0) is 29.5 Å². The van der Waals surface area contributed by atoms with Crippen LogP contribution in [0.4, 0.5) is 0 Å². The standard InChI is InChI=1S/C18H20N2/c1-2-15-8-10-17(11-9-15)18(14-19)20-13-12-16-6-4-3-5-7-16/h3-11,18,20H,2,12-13H2,1H3. The van der Waals surface area contributed by atoms with Crippen LogP contribution in [0.2, 0.25) is 0 Å². The van der Waals surface area contributed by atoms with Crippen LogP contribution in [0.5, 0.6) is 0 Å². The lowest BCUT2D eigenvalue weighted by Crippen LogP contribution is -2.22. The van der Waals surface area contributed by atoms with Crippen LogP contribution in [0.3, 0.4) is 0 Å². The fourth-order valence-corrected chi connectivity index (χ4v) is 2.19. The van der Waals surface area contributed by atoms with Crippen molar-refractivity contribution in [1.29, 1.82) is 5.26 Å². The van der Waals surface area contributed by atoms with E-state index < -0.39 is 0 Å². The minimum absolute atomic E-state index is 0.232. The van der Waals surface area contributed by atoms with Gasteiger partial charge in [-0.25, -0.2) is 0 Å². The monoisotopic (exact) mass is 264 g/mol. The Morgan fingerprint density at radius 3 is 2.30 bits per heavy atom. The fraction of sp³-hybridized carbons (Fsp3) is 0.278. The number of benzene rings is 2. The van der Waals surface area contributed by atoms with Crippen LogP contribution in [0.25, 0.3) is 0 Å². The summed E-state index contributed by atoms with van der Waals surface area (Å²) in [5.74, 6) is 0. The van der Waals surface area contributed by atoms with Crippen molar-refractivity contribution < 1.29 is 0 Å². The molecule has 2 aromatic rings. The third kappa shape index (κ3) is 3.94. The Morgan fingerprint density at radius 1 is 1.00 bits per heavy atom. The zero-order valence-corrected chi connectivity index (χ0v) is 11.8. The summed E-state index contributed by atoms with van der Waals surface area (Å²) >= 11 is 0. The molecule has 0 spiro atoms. The molecule has 0 saturated carbocycles. The second-order valence-corrected chi connectivity index (χ2v) is 4.85. The average molecular weight is 264 g/mol. The second-order valence-electron chi connectivity index (χ2n) is 4.85. The maximum absolute atomic E-state index is 9.29. The van der Waals surface area contributed by atoms with Crippen LogP contribution < -0.4 is 5.32 Å². The summed E-state index contributed by atoms with van der Waals surface area (Å²) in [7, 11) is 0. The Bertz CT molecular complexity index is 552. The predicted molar refractivity (Wildman–Crippen MR) is 82.3 cm³/mol. The molecule has 0 radical (unpaired) electrons. The zero-order valence-electron chi connectivity index (χ0n) is 11.8. The molecule has 0 fully saturated rings. The van der Waals surface area contributed by atoms with E-state index in [1.807, 2.05) is 30.3 Å². The molecule has 0 aliphatic carbocycles. The molecular formula is C18H20N2. The maximum atomic E-state index is 9.29. The molecule has 0 aliphatic rings. The summed E-state index contributed by atoms with van der Waals surface area (Å²) in [4.78, 5) is 0. The molecule has 0 saturated heterocycles. The van der Waals surface area contributed by atoms with Gasteiger partial charge in [0.15, 0.2) is 0 Å². The van der Waals surface area contributed by atoms with Gasteiger partial charge < -0.3 is 0 Å². The van der Waals surface area contributed by atoms with Crippen molar-refractivity contribution in [2.45, 2.75) is 25.8 Å². The van der Waals surface area contributed by atoms with Gasteiger partial charge in [-0.3, -0.25) is 5.32 Å². The summed E-state index contributed by atoms with van der Waals surface area (Å²) < 4.78 is 0. The van der Waals surface area contributed by atoms with Crippen molar-refractivity contribution in [2.75, 3.05) is 6.54 Å². The van der Waals surface area contributed by atoms with Crippen molar-refractivity contribution >= 4 is 0 Å². The lowest BCUT2D eigenvalue weighted by molar-refractivity contribution is 0.629. The highest BCUT2D eigenvalue weighted by atomic mass is 14.9. The van der Waals surface area contributed by atoms with E-state index in [4.69, 9.17) is 0 Å². The van der Waals surface area contributed by atoms with E-state index in [0.29, 0.717) is 0 Å². The van der Waals surface area contributed by atoms with Gasteiger partial charge in [0.1, 0.15) is 6.04 Å². The van der Waals surface area contributed by atoms with E-state index in [0.717, 1.165) is 24.9 Å². The predicted octanol–water partition coefficient (Wildman–Crippen LogP) is 3.65. The van der Waals surface area contributed by atoms with Gasteiger partial charge in [-0.2, -0.15) is 5.26 Å². The zero-order chi connectivity index (χ0) is 14.2. The molecule has 2 heteroatoms. The Kier molecular flexibility index (Phi) is 5.34. The van der Waals surface area contributed by atoms with E-state index >= 15 is 0 Å². The lowest BCUT2D eigenvalue weighted by atomic mass is 10.0. The molecule has 0 aromatic heterocycles. The molecule has 2 nitrogen and oxygen atoms in total. The number of hydrogen-bond donors (Lipinski definition) is 1. The van der Waals surface area contributed by atoms with Gasteiger partial charge in [0.25, 0.3) is 0 Å². The molecule has 1 atom stereocenters. The Balaban J connectivity index is 1.90. The van der Waals surface area contributed by atoms with Crippen molar-refractivity contribution in [3.63, 3.8) is 0 Å². The molecule has 2 rings (SSSR count). The van der Waals surface area contributed by atoms with E-state index in [1.54, 1.807) is 0 Å². The van der Waals surface area contributed by atoms with Crippen LogP contribution in [-0.2, 0) is 12.8 Å². The quantitative estimate of drug-likeness (QED) is 0.864. The SMILES string of the molecule is CCc1ccc(C(C#N)NCCc2ccccc2)cc1. The van der Waals surface area contributed by atoms with Gasteiger partial charge in [0.2, 0.25) is 0 Å². The summed E-state index contributed by atoms with van der Waals surface area (Å²) in [5, 5.41) is 12.6. The van der Waals surface area contributed by atoms with Crippen molar-refractivity contribution in [3.8, 4) is 6.07 Å². The third-order valence-electron chi connectivity index (χ3n) is 3.46. The normalized spacial score (nSPS) is 11.8. The minimum Gasteiger partial charge on any atom is -0.298 e. The Labute approximate surface area is 121 Å². The van der Waals surface area contributed by atoms with Gasteiger partial charge in [0.05, 0.1) is 6.07 Å². The molecule has 20 heavy (non-hydrogen) atoms. The molecular weight excluding hydrogens is 244 g/mol. The molecule has 1 N–H and O–H groups in total. The Morgan fingerprint density at radius 2 is 1.70 bits per heavy atom. The highest BCUT2D eigenvalue weighted by molar-refractivity contribution is 5.28. The molecule has 0 aliphatic heterocycles. The topological polar surface area (TPSA) is 35.8 Å². The largest absolute Gasteiger partial charge is 0.298 e. The maximum Gasteiger partial charge on any atom is 0.121 e. The number of aryl methyl sites for hydroxylation is 1. The number of nitriles is 1. The molecule has 0 heterocycles. The number of hydrogen-bond acceptors (Lipinski definition) is 2. The van der Waals surface area contributed by atoms with Gasteiger partial charge in [0, 0.05) is 6.54 Å². The van der Waals surface area contributed by atoms with Gasteiger partial charge in [-0.1, -0.05) is 61.5 Å².